The van der Waals surface area contributed by atoms with E-state index in [4.69, 9.17) is 0 Å². The van der Waals surface area contributed by atoms with E-state index in [-0.39, 0.29) is 11.7 Å². The topological polar surface area (TPSA) is 69.3 Å². The zero-order chi connectivity index (χ0) is 21.5. The molecule has 0 atom stereocenters. The molecular formula is C21H23F3N4O2. The molecule has 6 nitrogen and oxygen atoms in total. The molecular weight excluding hydrogens is 397 g/mol. The van der Waals surface area contributed by atoms with Crippen molar-refractivity contribution < 1.29 is 22.8 Å². The molecule has 1 N–H and O–H groups in total. The summed E-state index contributed by atoms with van der Waals surface area (Å²) in [4.78, 5) is 36.1. The summed E-state index contributed by atoms with van der Waals surface area (Å²) >= 11 is 0. The van der Waals surface area contributed by atoms with Crippen LogP contribution < -0.4 is 4.90 Å². The molecule has 9 heteroatoms. The predicted octanol–water partition coefficient (Wildman–Crippen LogP) is 3.61. The third-order valence-corrected chi connectivity index (χ3v) is 5.83. The Morgan fingerprint density at radius 1 is 1.10 bits per heavy atom. The van der Waals surface area contributed by atoms with Gasteiger partial charge in [0.05, 0.1) is 5.56 Å². The number of nitrogens with zero attached hydrogens (tertiary/aromatic N) is 3. The number of Topliss-reactive ketones (excluding diaryl/α,β-unsaturated/α-hetero) is 1. The number of halogens is 3. The van der Waals surface area contributed by atoms with Gasteiger partial charge in [0, 0.05) is 50.1 Å². The minimum atomic E-state index is -4.41. The fraction of sp³-hybridized carbons (Fsp3) is 0.476. The largest absolute Gasteiger partial charge is 0.417 e. The second kappa shape index (κ2) is 7.77. The van der Waals surface area contributed by atoms with Crippen LogP contribution in [0.15, 0.2) is 18.3 Å². The molecule has 0 radical (unpaired) electrons. The van der Waals surface area contributed by atoms with E-state index in [1.54, 1.807) is 4.90 Å². The highest BCUT2D eigenvalue weighted by atomic mass is 19.4. The number of carbonyl (C=O) groups is 2. The smallest absolute Gasteiger partial charge is 0.355 e. The maximum absolute atomic E-state index is 13.1. The van der Waals surface area contributed by atoms with Crippen LogP contribution in [0.4, 0.5) is 19.0 Å². The van der Waals surface area contributed by atoms with E-state index in [1.807, 2.05) is 11.8 Å². The number of alkyl halides is 3. The number of rotatable bonds is 2. The minimum Gasteiger partial charge on any atom is -0.355 e. The number of anilines is 1. The van der Waals surface area contributed by atoms with Crippen molar-refractivity contribution in [2.75, 3.05) is 31.1 Å². The van der Waals surface area contributed by atoms with Crippen LogP contribution in [0.1, 0.15) is 56.9 Å². The first-order valence-electron chi connectivity index (χ1n) is 10.1. The van der Waals surface area contributed by atoms with Crippen LogP contribution in [-0.2, 0) is 12.6 Å². The van der Waals surface area contributed by atoms with E-state index in [0.717, 1.165) is 30.8 Å². The summed E-state index contributed by atoms with van der Waals surface area (Å²) < 4.78 is 38.2. The lowest BCUT2D eigenvalue weighted by atomic mass is 9.94. The standard InChI is InChI=1S/C21H23F3N4O2/c1-13-18-15(4-2-5-16(18)29)26-19(13)20(30)28-9-3-8-27(10-11-28)17-7-6-14(12-25-17)21(22,23)24/h6-7,12,26H,2-5,8-11H2,1H3. The van der Waals surface area contributed by atoms with Crippen molar-refractivity contribution in [2.24, 2.45) is 0 Å². The summed E-state index contributed by atoms with van der Waals surface area (Å²) in [5, 5.41) is 0. The maximum atomic E-state index is 13.1. The Labute approximate surface area is 172 Å². The molecule has 0 bridgehead atoms. The van der Waals surface area contributed by atoms with Crippen LogP contribution in [0, 0.1) is 6.92 Å². The highest BCUT2D eigenvalue weighted by Crippen LogP contribution is 2.30. The van der Waals surface area contributed by atoms with Gasteiger partial charge in [-0.1, -0.05) is 0 Å². The zero-order valence-electron chi connectivity index (χ0n) is 16.7. The highest BCUT2D eigenvalue weighted by Gasteiger charge is 2.32. The van der Waals surface area contributed by atoms with Crippen molar-refractivity contribution in [3.05, 3.63) is 46.4 Å². The van der Waals surface area contributed by atoms with Gasteiger partial charge in [0.1, 0.15) is 11.5 Å². The van der Waals surface area contributed by atoms with Crippen LogP contribution >= 0.6 is 0 Å². The predicted molar refractivity (Wildman–Crippen MR) is 105 cm³/mol. The first-order chi connectivity index (χ1) is 14.3. The number of hydrogen-bond acceptors (Lipinski definition) is 4. The van der Waals surface area contributed by atoms with Crippen molar-refractivity contribution in [1.29, 1.82) is 0 Å². The number of hydrogen-bond donors (Lipinski definition) is 1. The molecule has 1 fully saturated rings. The number of fused-ring (bicyclic) bond motifs is 1. The van der Waals surface area contributed by atoms with Gasteiger partial charge in [-0.3, -0.25) is 9.59 Å². The van der Waals surface area contributed by atoms with E-state index in [9.17, 15) is 22.8 Å². The van der Waals surface area contributed by atoms with Crippen LogP contribution in [0.3, 0.4) is 0 Å². The first kappa shape index (κ1) is 20.4. The number of aryl methyl sites for hydroxylation is 1. The van der Waals surface area contributed by atoms with E-state index in [1.165, 1.54) is 6.07 Å². The summed E-state index contributed by atoms with van der Waals surface area (Å²) in [6, 6.07) is 2.40. The number of aromatic amines is 1. The highest BCUT2D eigenvalue weighted by molar-refractivity contribution is 6.04. The van der Waals surface area contributed by atoms with Gasteiger partial charge in [0.25, 0.3) is 5.91 Å². The summed E-state index contributed by atoms with van der Waals surface area (Å²) in [5.74, 6) is 0.408. The van der Waals surface area contributed by atoms with Gasteiger partial charge in [0.2, 0.25) is 0 Å². The molecule has 4 rings (SSSR count). The van der Waals surface area contributed by atoms with E-state index in [2.05, 4.69) is 9.97 Å². The molecule has 1 aliphatic heterocycles. The third kappa shape index (κ3) is 3.80. The van der Waals surface area contributed by atoms with Crippen molar-refractivity contribution in [3.8, 4) is 0 Å². The Hall–Kier alpha value is -2.84. The van der Waals surface area contributed by atoms with Crippen molar-refractivity contribution >= 4 is 17.5 Å². The van der Waals surface area contributed by atoms with E-state index >= 15 is 0 Å². The van der Waals surface area contributed by atoms with E-state index < -0.39 is 11.7 Å². The molecule has 2 aliphatic rings. The van der Waals surface area contributed by atoms with Crippen LogP contribution in [0.25, 0.3) is 0 Å². The molecule has 2 aromatic rings. The van der Waals surface area contributed by atoms with E-state index in [0.29, 0.717) is 61.7 Å². The first-order valence-corrected chi connectivity index (χ1v) is 10.1. The molecule has 1 saturated heterocycles. The Bertz CT molecular complexity index is 966. The fourth-order valence-corrected chi connectivity index (χ4v) is 4.24. The summed E-state index contributed by atoms with van der Waals surface area (Å²) in [5.41, 5.74) is 1.91. The normalized spacial score (nSPS) is 17.7. The number of pyridine rings is 1. The second-order valence-corrected chi connectivity index (χ2v) is 7.79. The van der Waals surface area contributed by atoms with Gasteiger partial charge in [0.15, 0.2) is 5.78 Å². The number of H-pyrrole nitrogens is 1. The number of aromatic nitrogens is 2. The monoisotopic (exact) mass is 420 g/mol. The van der Waals surface area contributed by atoms with Gasteiger partial charge >= 0.3 is 6.18 Å². The van der Waals surface area contributed by atoms with Gasteiger partial charge < -0.3 is 14.8 Å². The number of carbonyl (C=O) groups excluding carboxylic acids is 2. The van der Waals surface area contributed by atoms with Crippen LogP contribution in [0.2, 0.25) is 0 Å². The summed E-state index contributed by atoms with van der Waals surface area (Å²) in [7, 11) is 0. The van der Waals surface area contributed by atoms with Crippen molar-refractivity contribution in [1.82, 2.24) is 14.9 Å². The summed E-state index contributed by atoms with van der Waals surface area (Å²) in [6.07, 6.45) is -0.833. The average Bonchev–Trinajstić information content (AvgIpc) is 2.89. The Kier molecular flexibility index (Phi) is 5.29. The molecule has 3 heterocycles. The SMILES string of the molecule is Cc1c(C(=O)N2CCCN(c3ccc(C(F)(F)F)cn3)CC2)[nH]c2c1C(=O)CCC2. The van der Waals surface area contributed by atoms with Gasteiger partial charge in [-0.2, -0.15) is 13.2 Å². The molecule has 1 amide bonds. The van der Waals surface area contributed by atoms with Crippen LogP contribution in [0.5, 0.6) is 0 Å². The lowest BCUT2D eigenvalue weighted by molar-refractivity contribution is -0.137. The molecule has 1 aliphatic carbocycles. The minimum absolute atomic E-state index is 0.0828. The number of ketones is 1. The van der Waals surface area contributed by atoms with Gasteiger partial charge in [-0.05, 0) is 43.9 Å². The molecule has 160 valence electrons. The van der Waals surface area contributed by atoms with Gasteiger partial charge in [-0.25, -0.2) is 4.98 Å². The molecule has 0 aromatic carbocycles. The Morgan fingerprint density at radius 2 is 1.90 bits per heavy atom. The molecule has 0 saturated carbocycles. The second-order valence-electron chi connectivity index (χ2n) is 7.79. The molecule has 0 spiro atoms. The maximum Gasteiger partial charge on any atom is 0.417 e. The Morgan fingerprint density at radius 3 is 2.57 bits per heavy atom. The van der Waals surface area contributed by atoms with Gasteiger partial charge in [-0.15, -0.1) is 0 Å². The zero-order valence-corrected chi connectivity index (χ0v) is 16.7. The van der Waals surface area contributed by atoms with Crippen molar-refractivity contribution in [3.63, 3.8) is 0 Å². The number of amides is 1. The average molecular weight is 420 g/mol. The lowest BCUT2D eigenvalue weighted by Crippen LogP contribution is -2.36. The lowest BCUT2D eigenvalue weighted by Gasteiger charge is -2.23. The third-order valence-electron chi connectivity index (χ3n) is 5.83. The number of nitrogens with one attached hydrogen (secondary N) is 1. The quantitative estimate of drug-likeness (QED) is 0.806. The Balaban J connectivity index is 1.47. The summed E-state index contributed by atoms with van der Waals surface area (Å²) in [6.45, 7) is 3.84. The van der Waals surface area contributed by atoms with Crippen molar-refractivity contribution in [2.45, 2.75) is 38.8 Å². The van der Waals surface area contributed by atoms with Crippen LogP contribution in [-0.4, -0.2) is 52.7 Å². The molecule has 30 heavy (non-hydrogen) atoms. The molecule has 2 aromatic heterocycles. The fourth-order valence-electron chi connectivity index (χ4n) is 4.24. The molecule has 0 unspecified atom stereocenters.